The average molecular weight is 352 g/mol. The van der Waals surface area contributed by atoms with Gasteiger partial charge in [-0.25, -0.2) is 4.79 Å². The molecule has 1 amide bonds. The lowest BCUT2D eigenvalue weighted by atomic mass is 9.89. The van der Waals surface area contributed by atoms with Crippen molar-refractivity contribution in [2.75, 3.05) is 7.11 Å². The fourth-order valence-electron chi connectivity index (χ4n) is 2.48. The highest BCUT2D eigenvalue weighted by Gasteiger charge is 2.32. The minimum absolute atomic E-state index is 0.0149. The van der Waals surface area contributed by atoms with Crippen LogP contribution < -0.4 is 10.1 Å². The zero-order valence-corrected chi connectivity index (χ0v) is 14.9. The number of hydrogen-bond acceptors (Lipinski definition) is 6. The molecule has 0 atom stereocenters. The Kier molecular flexibility index (Phi) is 5.84. The van der Waals surface area contributed by atoms with E-state index < -0.39 is 16.6 Å². The molecule has 0 saturated heterocycles. The molecule has 8 nitrogen and oxygen atoms in total. The number of carbonyl (C=O) groups is 1. The number of nitro groups is 1. The normalized spacial score (nSPS) is 19.7. The quantitative estimate of drug-likeness (QED) is 0.623. The van der Waals surface area contributed by atoms with Crippen LogP contribution in [0, 0.1) is 10.1 Å². The summed E-state index contributed by atoms with van der Waals surface area (Å²) in [5.74, 6) is 0.221. The maximum absolute atomic E-state index is 11.7. The standard InChI is InChI=1S/C17H24N2O6/c1-17(2,3)25-16(20)18-12-8-13(9-12)24-10-11-5-6-15(23-4)14(7-11)19(21)22/h5-7,12-13H,8-10H2,1-4H3,(H,18,20)/t12-,13+. The Morgan fingerprint density at radius 2 is 2.04 bits per heavy atom. The monoisotopic (exact) mass is 352 g/mol. The average Bonchev–Trinajstić information content (AvgIpc) is 2.47. The number of hydrogen-bond donors (Lipinski definition) is 1. The summed E-state index contributed by atoms with van der Waals surface area (Å²) in [5, 5.41) is 13.8. The summed E-state index contributed by atoms with van der Waals surface area (Å²) in [6.07, 6.45) is 0.970. The van der Waals surface area contributed by atoms with Gasteiger partial charge < -0.3 is 19.5 Å². The van der Waals surface area contributed by atoms with Crippen LogP contribution in [0.1, 0.15) is 39.2 Å². The molecule has 1 N–H and O–H groups in total. The number of carbonyl (C=O) groups excluding carboxylic acids is 1. The molecule has 0 aliphatic heterocycles. The first kappa shape index (κ1) is 19.0. The van der Waals surface area contributed by atoms with Crippen molar-refractivity contribution in [2.45, 2.75) is 58.0 Å². The highest BCUT2D eigenvalue weighted by atomic mass is 16.6. The molecule has 1 fully saturated rings. The third-order valence-corrected chi connectivity index (χ3v) is 3.74. The van der Waals surface area contributed by atoms with Crippen molar-refractivity contribution < 1.29 is 23.9 Å². The van der Waals surface area contributed by atoms with Crippen molar-refractivity contribution in [1.29, 1.82) is 0 Å². The zero-order valence-electron chi connectivity index (χ0n) is 14.9. The van der Waals surface area contributed by atoms with Gasteiger partial charge in [-0.3, -0.25) is 10.1 Å². The van der Waals surface area contributed by atoms with Crippen LogP contribution >= 0.6 is 0 Å². The van der Waals surface area contributed by atoms with E-state index in [4.69, 9.17) is 14.2 Å². The highest BCUT2D eigenvalue weighted by molar-refractivity contribution is 5.68. The number of ether oxygens (including phenoxy) is 3. The molecule has 0 unspecified atom stereocenters. The molecule has 1 aliphatic carbocycles. The summed E-state index contributed by atoms with van der Waals surface area (Å²) in [4.78, 5) is 22.2. The van der Waals surface area contributed by atoms with Crippen LogP contribution in [0.3, 0.4) is 0 Å². The maximum Gasteiger partial charge on any atom is 0.407 e. The third kappa shape index (κ3) is 5.60. The van der Waals surface area contributed by atoms with Crippen LogP contribution in [-0.2, 0) is 16.1 Å². The van der Waals surface area contributed by atoms with E-state index in [9.17, 15) is 14.9 Å². The molecule has 138 valence electrons. The second-order valence-corrected chi connectivity index (χ2v) is 7.01. The van der Waals surface area contributed by atoms with E-state index in [2.05, 4.69) is 5.32 Å². The molecule has 0 radical (unpaired) electrons. The van der Waals surface area contributed by atoms with E-state index in [1.807, 2.05) is 20.8 Å². The number of rotatable bonds is 6. The molecule has 1 aromatic rings. The fraction of sp³-hybridized carbons (Fsp3) is 0.588. The van der Waals surface area contributed by atoms with Crippen molar-refractivity contribution in [3.05, 3.63) is 33.9 Å². The summed E-state index contributed by atoms with van der Waals surface area (Å²) in [6, 6.07) is 4.78. The molecule has 2 rings (SSSR count). The number of nitro benzene ring substituents is 1. The number of methoxy groups -OCH3 is 1. The van der Waals surface area contributed by atoms with E-state index in [-0.39, 0.29) is 30.2 Å². The Morgan fingerprint density at radius 3 is 2.60 bits per heavy atom. The van der Waals surface area contributed by atoms with Gasteiger partial charge in [0.2, 0.25) is 0 Å². The molecule has 1 aliphatic rings. The van der Waals surface area contributed by atoms with Gasteiger partial charge in [-0.15, -0.1) is 0 Å². The lowest BCUT2D eigenvalue weighted by molar-refractivity contribution is -0.385. The lowest BCUT2D eigenvalue weighted by Crippen LogP contribution is -2.49. The van der Waals surface area contributed by atoms with Crippen LogP contribution in [-0.4, -0.2) is 35.9 Å². The van der Waals surface area contributed by atoms with E-state index >= 15 is 0 Å². The molecule has 0 heterocycles. The van der Waals surface area contributed by atoms with Gasteiger partial charge in [-0.1, -0.05) is 6.07 Å². The van der Waals surface area contributed by atoms with Gasteiger partial charge >= 0.3 is 11.8 Å². The van der Waals surface area contributed by atoms with Crippen LogP contribution in [0.2, 0.25) is 0 Å². The highest BCUT2D eigenvalue weighted by Crippen LogP contribution is 2.29. The SMILES string of the molecule is COc1ccc(CO[C@H]2C[C@@H](NC(=O)OC(C)(C)C)C2)cc1[N+](=O)[O-]. The molecular weight excluding hydrogens is 328 g/mol. The Morgan fingerprint density at radius 1 is 1.36 bits per heavy atom. The Hall–Kier alpha value is -2.35. The van der Waals surface area contributed by atoms with Crippen molar-refractivity contribution in [3.63, 3.8) is 0 Å². The molecule has 1 aromatic carbocycles. The summed E-state index contributed by atoms with van der Waals surface area (Å²) >= 11 is 0. The van der Waals surface area contributed by atoms with Gasteiger partial charge in [-0.05, 0) is 45.2 Å². The first-order valence-corrected chi connectivity index (χ1v) is 8.10. The predicted octanol–water partition coefficient (Wildman–Crippen LogP) is 3.18. The summed E-state index contributed by atoms with van der Waals surface area (Å²) < 4.78 is 15.9. The van der Waals surface area contributed by atoms with Gasteiger partial charge in [0.15, 0.2) is 5.75 Å². The van der Waals surface area contributed by atoms with Crippen molar-refractivity contribution in [2.24, 2.45) is 0 Å². The Balaban J connectivity index is 1.76. The molecule has 0 spiro atoms. The van der Waals surface area contributed by atoms with Gasteiger partial charge in [-0.2, -0.15) is 0 Å². The number of alkyl carbamates (subject to hydrolysis) is 1. The molecule has 1 saturated carbocycles. The topological polar surface area (TPSA) is 99.9 Å². The number of nitrogens with zero attached hydrogens (tertiary/aromatic N) is 1. The van der Waals surface area contributed by atoms with Gasteiger partial charge in [0.05, 0.1) is 24.7 Å². The summed E-state index contributed by atoms with van der Waals surface area (Å²) in [6.45, 7) is 5.71. The number of amides is 1. The maximum atomic E-state index is 11.7. The number of nitrogens with one attached hydrogen (secondary N) is 1. The van der Waals surface area contributed by atoms with Gasteiger partial charge in [0.1, 0.15) is 5.60 Å². The second-order valence-electron chi connectivity index (χ2n) is 7.01. The van der Waals surface area contributed by atoms with Crippen LogP contribution in [0.15, 0.2) is 18.2 Å². The Labute approximate surface area is 146 Å². The summed E-state index contributed by atoms with van der Waals surface area (Å²) in [7, 11) is 1.39. The van der Waals surface area contributed by atoms with E-state index in [1.54, 1.807) is 12.1 Å². The van der Waals surface area contributed by atoms with E-state index in [1.165, 1.54) is 13.2 Å². The zero-order chi connectivity index (χ0) is 18.6. The lowest BCUT2D eigenvalue weighted by Gasteiger charge is -2.35. The second kappa shape index (κ2) is 7.69. The van der Waals surface area contributed by atoms with Gasteiger partial charge in [0, 0.05) is 12.1 Å². The van der Waals surface area contributed by atoms with E-state index in [0.717, 1.165) is 0 Å². The summed E-state index contributed by atoms with van der Waals surface area (Å²) in [5.41, 5.74) is 0.102. The Bertz CT molecular complexity index is 635. The third-order valence-electron chi connectivity index (χ3n) is 3.74. The van der Waals surface area contributed by atoms with Crippen molar-refractivity contribution in [3.8, 4) is 5.75 Å². The van der Waals surface area contributed by atoms with Crippen LogP contribution in [0.25, 0.3) is 0 Å². The first-order valence-electron chi connectivity index (χ1n) is 8.10. The van der Waals surface area contributed by atoms with Crippen LogP contribution in [0.4, 0.5) is 10.5 Å². The minimum Gasteiger partial charge on any atom is -0.490 e. The van der Waals surface area contributed by atoms with Crippen LogP contribution in [0.5, 0.6) is 5.75 Å². The minimum atomic E-state index is -0.521. The van der Waals surface area contributed by atoms with Crippen molar-refractivity contribution in [1.82, 2.24) is 5.32 Å². The smallest absolute Gasteiger partial charge is 0.407 e. The number of benzene rings is 1. The van der Waals surface area contributed by atoms with Crippen molar-refractivity contribution >= 4 is 11.8 Å². The molecular formula is C17H24N2O6. The molecule has 8 heteroatoms. The van der Waals surface area contributed by atoms with E-state index in [0.29, 0.717) is 18.4 Å². The molecule has 25 heavy (non-hydrogen) atoms. The molecule has 0 aromatic heterocycles. The fourth-order valence-corrected chi connectivity index (χ4v) is 2.48. The predicted molar refractivity (Wildman–Crippen MR) is 90.6 cm³/mol. The van der Waals surface area contributed by atoms with Gasteiger partial charge in [0.25, 0.3) is 0 Å². The first-order chi connectivity index (χ1) is 11.7. The molecule has 0 bridgehead atoms. The largest absolute Gasteiger partial charge is 0.490 e.